The molecule has 0 amide bonds. The molecule has 0 aromatic heterocycles. The van der Waals surface area contributed by atoms with E-state index in [2.05, 4.69) is 13.8 Å². The van der Waals surface area contributed by atoms with Crippen molar-refractivity contribution in [1.82, 2.24) is 0 Å². The van der Waals surface area contributed by atoms with Crippen molar-refractivity contribution in [3.63, 3.8) is 0 Å². The molecule has 2 atom stereocenters. The second kappa shape index (κ2) is 4.42. The van der Waals surface area contributed by atoms with E-state index in [1.54, 1.807) is 0 Å². The molecule has 0 aliphatic heterocycles. The summed E-state index contributed by atoms with van der Waals surface area (Å²) in [5.74, 6) is 3.32. The Labute approximate surface area is 110 Å². The second-order valence-corrected chi connectivity index (χ2v) is 7.39. The maximum absolute atomic E-state index is 6.45. The van der Waals surface area contributed by atoms with Gasteiger partial charge in [-0.15, -0.1) is 0 Å². The monoisotopic (exact) mass is 256 g/mol. The lowest BCUT2D eigenvalue weighted by molar-refractivity contribution is -0.178. The standard InChI is InChI=1S/C15H25ClO/c1-3-10(2)14(16)17-15-7-11-4-12(8-15)6-13(5-11)9-15/h10-14H,3-9H2,1-2H3. The largest absolute Gasteiger partial charge is 0.356 e. The van der Waals surface area contributed by atoms with Gasteiger partial charge in [0.2, 0.25) is 0 Å². The molecule has 2 unspecified atom stereocenters. The molecule has 0 aromatic rings. The van der Waals surface area contributed by atoms with Crippen LogP contribution >= 0.6 is 11.6 Å². The molecule has 4 bridgehead atoms. The highest BCUT2D eigenvalue weighted by Gasteiger charge is 2.52. The molecule has 0 saturated heterocycles. The van der Waals surface area contributed by atoms with Crippen LogP contribution in [0.2, 0.25) is 0 Å². The summed E-state index contributed by atoms with van der Waals surface area (Å²) in [5.41, 5.74) is 0.0983. The number of alkyl halides is 1. The second-order valence-electron chi connectivity index (χ2n) is 6.96. The van der Waals surface area contributed by atoms with Crippen molar-refractivity contribution in [3.8, 4) is 0 Å². The van der Waals surface area contributed by atoms with Crippen LogP contribution < -0.4 is 0 Å². The predicted octanol–water partition coefficient (Wildman–Crippen LogP) is 4.58. The molecule has 4 rings (SSSR count). The number of halogens is 1. The van der Waals surface area contributed by atoms with Crippen LogP contribution in [0.3, 0.4) is 0 Å². The molecular weight excluding hydrogens is 232 g/mol. The molecule has 0 N–H and O–H groups in total. The van der Waals surface area contributed by atoms with Gasteiger partial charge >= 0.3 is 0 Å². The minimum Gasteiger partial charge on any atom is -0.356 e. The van der Waals surface area contributed by atoms with E-state index in [9.17, 15) is 0 Å². The fourth-order valence-corrected chi connectivity index (χ4v) is 5.08. The fraction of sp³-hybridized carbons (Fsp3) is 1.00. The van der Waals surface area contributed by atoms with E-state index in [1.807, 2.05) is 0 Å². The Kier molecular flexibility index (Phi) is 3.19. The molecule has 1 nitrogen and oxygen atoms in total. The van der Waals surface area contributed by atoms with Crippen LogP contribution in [0.1, 0.15) is 58.8 Å². The highest BCUT2D eigenvalue weighted by atomic mass is 35.5. The van der Waals surface area contributed by atoms with E-state index in [0.717, 1.165) is 24.2 Å². The van der Waals surface area contributed by atoms with E-state index >= 15 is 0 Å². The number of hydrogen-bond acceptors (Lipinski definition) is 1. The Balaban J connectivity index is 1.69. The van der Waals surface area contributed by atoms with Gasteiger partial charge in [0.25, 0.3) is 0 Å². The first-order chi connectivity index (χ1) is 8.10. The van der Waals surface area contributed by atoms with Gasteiger partial charge in [0.15, 0.2) is 0 Å². The van der Waals surface area contributed by atoms with Crippen LogP contribution in [-0.2, 0) is 4.74 Å². The highest BCUT2D eigenvalue weighted by Crippen LogP contribution is 2.57. The van der Waals surface area contributed by atoms with Gasteiger partial charge in [0.05, 0.1) is 5.60 Å². The first-order valence-corrected chi connectivity index (χ1v) is 7.86. The Bertz CT molecular complexity index is 253. The van der Waals surface area contributed by atoms with Crippen molar-refractivity contribution in [2.24, 2.45) is 23.7 Å². The molecule has 2 heteroatoms. The molecule has 17 heavy (non-hydrogen) atoms. The molecule has 4 aliphatic rings. The summed E-state index contributed by atoms with van der Waals surface area (Å²) in [5, 5.41) is 0. The van der Waals surface area contributed by atoms with E-state index in [1.165, 1.54) is 38.5 Å². The van der Waals surface area contributed by atoms with E-state index in [4.69, 9.17) is 16.3 Å². The third kappa shape index (κ3) is 2.26. The van der Waals surface area contributed by atoms with Gasteiger partial charge in [0.1, 0.15) is 5.56 Å². The minimum atomic E-state index is -0.0729. The molecule has 0 aromatic carbocycles. The third-order valence-electron chi connectivity index (χ3n) is 5.44. The van der Waals surface area contributed by atoms with Crippen molar-refractivity contribution >= 4 is 11.6 Å². The Morgan fingerprint density at radius 3 is 2.00 bits per heavy atom. The van der Waals surface area contributed by atoms with E-state index in [0.29, 0.717) is 5.92 Å². The number of rotatable bonds is 4. The van der Waals surface area contributed by atoms with Crippen molar-refractivity contribution in [2.45, 2.75) is 70.0 Å². The van der Waals surface area contributed by atoms with Crippen LogP contribution in [0.15, 0.2) is 0 Å². The lowest BCUT2D eigenvalue weighted by Crippen LogP contribution is -2.53. The van der Waals surface area contributed by atoms with Crippen LogP contribution in [0.25, 0.3) is 0 Å². The van der Waals surface area contributed by atoms with Crippen molar-refractivity contribution in [1.29, 1.82) is 0 Å². The zero-order valence-electron chi connectivity index (χ0n) is 11.1. The first-order valence-electron chi connectivity index (χ1n) is 7.42. The summed E-state index contributed by atoms with van der Waals surface area (Å²) in [6.45, 7) is 4.40. The molecule has 4 saturated carbocycles. The molecular formula is C15H25ClO. The SMILES string of the molecule is CCC(C)C(Cl)OC12CC3CC(CC(C3)C1)C2. The van der Waals surface area contributed by atoms with Crippen LogP contribution in [0.4, 0.5) is 0 Å². The number of ether oxygens (including phenoxy) is 1. The van der Waals surface area contributed by atoms with Gasteiger partial charge in [-0.1, -0.05) is 25.4 Å². The quantitative estimate of drug-likeness (QED) is 0.669. The van der Waals surface area contributed by atoms with Crippen molar-refractivity contribution in [2.75, 3.05) is 0 Å². The predicted molar refractivity (Wildman–Crippen MR) is 71.1 cm³/mol. The van der Waals surface area contributed by atoms with Gasteiger partial charge in [-0.25, -0.2) is 0 Å². The molecule has 4 aliphatic carbocycles. The Morgan fingerprint density at radius 1 is 1.12 bits per heavy atom. The topological polar surface area (TPSA) is 9.23 Å². The van der Waals surface area contributed by atoms with Gasteiger partial charge in [0, 0.05) is 0 Å². The van der Waals surface area contributed by atoms with Gasteiger partial charge in [-0.2, -0.15) is 0 Å². The maximum Gasteiger partial charge on any atom is 0.134 e. The Hall–Kier alpha value is 0.250. The minimum absolute atomic E-state index is 0.0729. The Morgan fingerprint density at radius 2 is 1.59 bits per heavy atom. The van der Waals surface area contributed by atoms with E-state index in [-0.39, 0.29) is 11.2 Å². The number of hydrogen-bond donors (Lipinski definition) is 0. The van der Waals surface area contributed by atoms with Gasteiger partial charge < -0.3 is 4.74 Å². The van der Waals surface area contributed by atoms with Gasteiger partial charge in [-0.3, -0.25) is 0 Å². The maximum atomic E-state index is 6.45. The lowest BCUT2D eigenvalue weighted by Gasteiger charge is -2.57. The van der Waals surface area contributed by atoms with Crippen molar-refractivity contribution in [3.05, 3.63) is 0 Å². The van der Waals surface area contributed by atoms with Crippen molar-refractivity contribution < 1.29 is 4.74 Å². The van der Waals surface area contributed by atoms with Crippen LogP contribution in [-0.4, -0.2) is 11.2 Å². The summed E-state index contributed by atoms with van der Waals surface area (Å²) in [4.78, 5) is 0. The summed E-state index contributed by atoms with van der Waals surface area (Å²) < 4.78 is 6.37. The molecule has 0 radical (unpaired) electrons. The smallest absolute Gasteiger partial charge is 0.134 e. The average Bonchev–Trinajstić information content (AvgIpc) is 2.25. The summed E-state index contributed by atoms with van der Waals surface area (Å²) >= 11 is 6.45. The highest BCUT2D eigenvalue weighted by molar-refractivity contribution is 6.19. The summed E-state index contributed by atoms with van der Waals surface area (Å²) in [6.07, 6.45) is 9.40. The third-order valence-corrected chi connectivity index (χ3v) is 5.96. The first kappa shape index (κ1) is 12.3. The molecule has 0 spiro atoms. The summed E-state index contributed by atoms with van der Waals surface area (Å²) in [7, 11) is 0. The zero-order valence-corrected chi connectivity index (χ0v) is 11.9. The normalized spacial score (nSPS) is 47.1. The zero-order chi connectivity index (χ0) is 12.0. The van der Waals surface area contributed by atoms with E-state index < -0.39 is 0 Å². The molecule has 0 heterocycles. The van der Waals surface area contributed by atoms with Gasteiger partial charge in [-0.05, 0) is 68.6 Å². The molecule has 98 valence electrons. The summed E-state index contributed by atoms with van der Waals surface area (Å²) in [6, 6.07) is 0. The fourth-order valence-electron chi connectivity index (χ4n) is 4.72. The lowest BCUT2D eigenvalue weighted by atomic mass is 9.54. The average molecular weight is 257 g/mol. The van der Waals surface area contributed by atoms with Crippen LogP contribution in [0.5, 0.6) is 0 Å². The molecule has 4 fully saturated rings. The van der Waals surface area contributed by atoms with Crippen LogP contribution in [0, 0.1) is 23.7 Å².